The summed E-state index contributed by atoms with van der Waals surface area (Å²) in [4.78, 5) is 17.8. The molecule has 0 unspecified atom stereocenters. The average Bonchev–Trinajstić information content (AvgIpc) is 2.33. The van der Waals surface area contributed by atoms with Gasteiger partial charge in [-0.05, 0) is 47.3 Å². The Hall–Kier alpha value is -1.10. The fourth-order valence-electron chi connectivity index (χ4n) is 1.74. The van der Waals surface area contributed by atoms with E-state index in [9.17, 15) is 4.79 Å². The van der Waals surface area contributed by atoms with Gasteiger partial charge in [-0.25, -0.2) is 9.78 Å². The van der Waals surface area contributed by atoms with Crippen molar-refractivity contribution >= 4 is 27.8 Å². The largest absolute Gasteiger partial charge is 0.325 e. The molecule has 1 aromatic heterocycles. The minimum absolute atomic E-state index is 0.0467. The van der Waals surface area contributed by atoms with Gasteiger partial charge in [-0.15, -0.1) is 0 Å². The number of likely N-dealkylation sites (tertiary alicyclic amines) is 1. The highest BCUT2D eigenvalue weighted by atomic mass is 79.9. The highest BCUT2D eigenvalue weighted by Crippen LogP contribution is 2.13. The monoisotopic (exact) mass is 283 g/mol. The van der Waals surface area contributed by atoms with Crippen LogP contribution in [0.1, 0.15) is 19.3 Å². The molecule has 2 rings (SSSR count). The Bertz CT molecular complexity index is 360. The van der Waals surface area contributed by atoms with Crippen molar-refractivity contribution in [3.63, 3.8) is 0 Å². The van der Waals surface area contributed by atoms with Crippen LogP contribution in [0.15, 0.2) is 22.8 Å². The summed E-state index contributed by atoms with van der Waals surface area (Å²) in [6, 6.07) is 3.60. The van der Waals surface area contributed by atoms with Gasteiger partial charge in [0.15, 0.2) is 0 Å². The van der Waals surface area contributed by atoms with Gasteiger partial charge in [-0.2, -0.15) is 0 Å². The van der Waals surface area contributed by atoms with Crippen molar-refractivity contribution in [2.45, 2.75) is 19.3 Å². The lowest BCUT2D eigenvalue weighted by atomic mass is 10.1. The maximum absolute atomic E-state index is 11.8. The molecule has 0 aromatic carbocycles. The summed E-state index contributed by atoms with van der Waals surface area (Å²) < 4.78 is 0.906. The third-order valence-electron chi connectivity index (χ3n) is 2.61. The number of carbonyl (C=O) groups is 1. The number of aromatic nitrogens is 1. The van der Waals surface area contributed by atoms with Gasteiger partial charge in [0, 0.05) is 23.8 Å². The van der Waals surface area contributed by atoms with E-state index in [1.54, 1.807) is 12.3 Å². The van der Waals surface area contributed by atoms with E-state index >= 15 is 0 Å². The summed E-state index contributed by atoms with van der Waals surface area (Å²) in [5.41, 5.74) is 0. The van der Waals surface area contributed by atoms with E-state index in [4.69, 9.17) is 0 Å². The van der Waals surface area contributed by atoms with Gasteiger partial charge in [-0.3, -0.25) is 5.32 Å². The minimum Gasteiger partial charge on any atom is -0.325 e. The first kappa shape index (κ1) is 11.4. The molecule has 2 amide bonds. The third kappa shape index (κ3) is 2.95. The van der Waals surface area contributed by atoms with E-state index in [1.807, 2.05) is 11.0 Å². The molecule has 5 heteroatoms. The van der Waals surface area contributed by atoms with Gasteiger partial charge < -0.3 is 4.90 Å². The number of pyridine rings is 1. The van der Waals surface area contributed by atoms with Crippen molar-refractivity contribution in [1.29, 1.82) is 0 Å². The second-order valence-corrected chi connectivity index (χ2v) is 4.76. The lowest BCUT2D eigenvalue weighted by molar-refractivity contribution is 0.200. The second kappa shape index (κ2) is 5.30. The third-order valence-corrected chi connectivity index (χ3v) is 3.07. The van der Waals surface area contributed by atoms with Crippen LogP contribution in [-0.2, 0) is 0 Å². The molecular formula is C11H14BrN3O. The summed E-state index contributed by atoms with van der Waals surface area (Å²) >= 11 is 3.30. The number of nitrogens with zero attached hydrogens (tertiary/aromatic N) is 2. The standard InChI is InChI=1S/C11H14BrN3O/c12-9-4-5-10(13-8-9)14-11(16)15-6-2-1-3-7-15/h4-5,8H,1-3,6-7H2,(H,13,14,16). The Morgan fingerprint density at radius 2 is 2.06 bits per heavy atom. The molecule has 86 valence electrons. The first-order valence-electron chi connectivity index (χ1n) is 5.43. The fourth-order valence-corrected chi connectivity index (χ4v) is 1.97. The number of halogens is 1. The summed E-state index contributed by atoms with van der Waals surface area (Å²) in [5, 5.41) is 2.79. The van der Waals surface area contributed by atoms with Crippen LogP contribution >= 0.6 is 15.9 Å². The molecule has 1 aliphatic rings. The summed E-state index contributed by atoms with van der Waals surface area (Å²) in [5.74, 6) is 0.596. The quantitative estimate of drug-likeness (QED) is 0.861. The number of hydrogen-bond acceptors (Lipinski definition) is 2. The molecule has 2 heterocycles. The zero-order valence-electron chi connectivity index (χ0n) is 8.95. The number of anilines is 1. The Morgan fingerprint density at radius 1 is 1.31 bits per heavy atom. The SMILES string of the molecule is O=C(Nc1ccc(Br)cn1)N1CCCCC1. The van der Waals surface area contributed by atoms with E-state index in [0.717, 1.165) is 30.4 Å². The fraction of sp³-hybridized carbons (Fsp3) is 0.455. The first-order valence-corrected chi connectivity index (χ1v) is 6.22. The lowest BCUT2D eigenvalue weighted by Crippen LogP contribution is -2.38. The zero-order chi connectivity index (χ0) is 11.4. The van der Waals surface area contributed by atoms with Crippen LogP contribution in [0, 0.1) is 0 Å². The molecule has 1 N–H and O–H groups in total. The highest BCUT2D eigenvalue weighted by molar-refractivity contribution is 9.10. The van der Waals surface area contributed by atoms with Crippen LogP contribution in [0.3, 0.4) is 0 Å². The van der Waals surface area contributed by atoms with E-state index in [-0.39, 0.29) is 6.03 Å². The number of carbonyl (C=O) groups excluding carboxylic acids is 1. The number of amides is 2. The Kier molecular flexibility index (Phi) is 3.77. The van der Waals surface area contributed by atoms with Gasteiger partial charge in [-0.1, -0.05) is 0 Å². The molecule has 1 aliphatic heterocycles. The van der Waals surface area contributed by atoms with Crippen LogP contribution in [0.5, 0.6) is 0 Å². The van der Waals surface area contributed by atoms with E-state index in [1.165, 1.54) is 6.42 Å². The molecule has 0 radical (unpaired) electrons. The maximum Gasteiger partial charge on any atom is 0.323 e. The summed E-state index contributed by atoms with van der Waals surface area (Å²) in [6.07, 6.45) is 5.09. The molecule has 0 atom stereocenters. The molecule has 1 saturated heterocycles. The number of urea groups is 1. The number of rotatable bonds is 1. The smallest absolute Gasteiger partial charge is 0.323 e. The van der Waals surface area contributed by atoms with Crippen molar-refractivity contribution in [3.05, 3.63) is 22.8 Å². The van der Waals surface area contributed by atoms with Gasteiger partial charge in [0.2, 0.25) is 0 Å². The zero-order valence-corrected chi connectivity index (χ0v) is 10.5. The van der Waals surface area contributed by atoms with Crippen LogP contribution in [0.2, 0.25) is 0 Å². The van der Waals surface area contributed by atoms with E-state index < -0.39 is 0 Å². The van der Waals surface area contributed by atoms with Crippen molar-refractivity contribution in [2.75, 3.05) is 18.4 Å². The van der Waals surface area contributed by atoms with Crippen LogP contribution in [-0.4, -0.2) is 29.0 Å². The van der Waals surface area contributed by atoms with Crippen LogP contribution < -0.4 is 5.32 Å². The van der Waals surface area contributed by atoms with E-state index in [2.05, 4.69) is 26.2 Å². The predicted molar refractivity (Wildman–Crippen MR) is 66.4 cm³/mol. The van der Waals surface area contributed by atoms with Crippen molar-refractivity contribution < 1.29 is 4.79 Å². The number of piperidine rings is 1. The molecular weight excluding hydrogens is 270 g/mol. The predicted octanol–water partition coefficient (Wildman–Crippen LogP) is 2.86. The molecule has 1 aromatic rings. The van der Waals surface area contributed by atoms with Gasteiger partial charge in [0.25, 0.3) is 0 Å². The molecule has 0 bridgehead atoms. The van der Waals surface area contributed by atoms with Crippen LogP contribution in [0.4, 0.5) is 10.6 Å². The average molecular weight is 284 g/mol. The Labute approximate surface area is 103 Å². The van der Waals surface area contributed by atoms with Gasteiger partial charge in [0.05, 0.1) is 0 Å². The second-order valence-electron chi connectivity index (χ2n) is 3.84. The topological polar surface area (TPSA) is 45.2 Å². The van der Waals surface area contributed by atoms with Crippen molar-refractivity contribution in [3.8, 4) is 0 Å². The van der Waals surface area contributed by atoms with Crippen molar-refractivity contribution in [2.24, 2.45) is 0 Å². The highest BCUT2D eigenvalue weighted by Gasteiger charge is 2.16. The van der Waals surface area contributed by atoms with E-state index in [0.29, 0.717) is 5.82 Å². The first-order chi connectivity index (χ1) is 7.75. The Balaban J connectivity index is 1.93. The van der Waals surface area contributed by atoms with Crippen LogP contribution in [0.25, 0.3) is 0 Å². The number of nitrogens with one attached hydrogen (secondary N) is 1. The Morgan fingerprint density at radius 3 is 2.69 bits per heavy atom. The summed E-state index contributed by atoms with van der Waals surface area (Å²) in [6.45, 7) is 1.70. The normalized spacial score (nSPS) is 15.9. The van der Waals surface area contributed by atoms with Crippen molar-refractivity contribution in [1.82, 2.24) is 9.88 Å². The molecule has 0 spiro atoms. The van der Waals surface area contributed by atoms with Gasteiger partial charge >= 0.3 is 6.03 Å². The molecule has 4 nitrogen and oxygen atoms in total. The lowest BCUT2D eigenvalue weighted by Gasteiger charge is -2.26. The molecule has 0 aliphatic carbocycles. The summed E-state index contributed by atoms with van der Waals surface area (Å²) in [7, 11) is 0. The molecule has 0 saturated carbocycles. The minimum atomic E-state index is -0.0467. The van der Waals surface area contributed by atoms with Gasteiger partial charge in [0.1, 0.15) is 5.82 Å². The maximum atomic E-state index is 11.8. The molecule has 16 heavy (non-hydrogen) atoms. The molecule has 1 fully saturated rings. The number of hydrogen-bond donors (Lipinski definition) is 1.